The van der Waals surface area contributed by atoms with E-state index in [4.69, 9.17) is 14.2 Å². The van der Waals surface area contributed by atoms with Crippen LogP contribution in [0.15, 0.2) is 72.8 Å². The number of fused-ring (bicyclic) bond motifs is 1. The number of hydrogen-bond donors (Lipinski definition) is 0. The van der Waals surface area contributed by atoms with Crippen molar-refractivity contribution in [3.05, 3.63) is 83.9 Å². The topological polar surface area (TPSA) is 71.6 Å². The van der Waals surface area contributed by atoms with E-state index in [1.54, 1.807) is 9.80 Å². The van der Waals surface area contributed by atoms with Gasteiger partial charge in [-0.05, 0) is 36.8 Å². The maximum Gasteiger partial charge on any atom is 0.410 e. The van der Waals surface area contributed by atoms with E-state index in [9.17, 15) is 9.59 Å². The van der Waals surface area contributed by atoms with Gasteiger partial charge < -0.3 is 24.0 Å². The first kappa shape index (κ1) is 24.8. The van der Waals surface area contributed by atoms with Crippen LogP contribution in [0.25, 0.3) is 0 Å². The van der Waals surface area contributed by atoms with Crippen molar-refractivity contribution < 1.29 is 23.8 Å². The van der Waals surface area contributed by atoms with Crippen LogP contribution in [-0.2, 0) is 27.4 Å². The number of amides is 2. The van der Waals surface area contributed by atoms with E-state index < -0.39 is 0 Å². The van der Waals surface area contributed by atoms with E-state index in [2.05, 4.69) is 12.2 Å². The average molecular weight is 479 g/mol. The normalized spacial score (nSPS) is 20.9. The van der Waals surface area contributed by atoms with Crippen LogP contribution in [0.1, 0.15) is 36.8 Å². The molecule has 0 N–H and O–H groups in total. The molecule has 3 heterocycles. The van der Waals surface area contributed by atoms with Crippen LogP contribution in [0.2, 0.25) is 0 Å². The van der Waals surface area contributed by atoms with Crippen molar-refractivity contribution in [2.45, 2.75) is 51.1 Å². The highest BCUT2D eigenvalue weighted by Gasteiger charge is 2.41. The number of epoxide rings is 1. The summed E-state index contributed by atoms with van der Waals surface area (Å²) in [4.78, 5) is 27.3. The van der Waals surface area contributed by atoms with E-state index >= 15 is 0 Å². The maximum absolute atomic E-state index is 11.9. The van der Waals surface area contributed by atoms with Crippen LogP contribution < -0.4 is 0 Å². The molecule has 186 valence electrons. The minimum atomic E-state index is -0.211. The molecule has 0 radical (unpaired) electrons. The van der Waals surface area contributed by atoms with Crippen LogP contribution in [0.3, 0.4) is 0 Å². The summed E-state index contributed by atoms with van der Waals surface area (Å²) in [5, 5.41) is 0. The standard InChI is InChI=1S/C14H17NO3.C14H17NO2/c16-14(17-10-11-4-2-1-3-5-11)15-8-6-12-13(18-12)7-9-15;16-14(15-10-6-1-2-7-11-15)17-12-13-8-4-3-5-9-13/h1-5,12-13H,6-10H2;1-5,8-9H,6-7,10-12H2. The number of rotatable bonds is 4. The third kappa shape index (κ3) is 8.14. The third-order valence-electron chi connectivity index (χ3n) is 6.28. The predicted molar refractivity (Wildman–Crippen MR) is 133 cm³/mol. The molecule has 0 saturated carbocycles. The van der Waals surface area contributed by atoms with Crippen LogP contribution >= 0.6 is 0 Å². The smallest absolute Gasteiger partial charge is 0.410 e. The van der Waals surface area contributed by atoms with Gasteiger partial charge in [0, 0.05) is 26.2 Å². The Bertz CT molecular complexity index is 944. The molecule has 5 rings (SSSR count). The minimum Gasteiger partial charge on any atom is -0.445 e. The second-order valence-corrected chi connectivity index (χ2v) is 8.89. The van der Waals surface area contributed by atoms with Gasteiger partial charge in [0.1, 0.15) is 13.2 Å². The van der Waals surface area contributed by atoms with Gasteiger partial charge in [-0.2, -0.15) is 0 Å². The molecule has 2 saturated heterocycles. The molecular formula is C28H34N2O5. The molecule has 0 bridgehead atoms. The zero-order valence-electron chi connectivity index (χ0n) is 20.1. The molecule has 7 heteroatoms. The fourth-order valence-corrected chi connectivity index (χ4v) is 4.16. The lowest BCUT2D eigenvalue weighted by atomic mass is 10.2. The molecule has 2 unspecified atom stereocenters. The number of ether oxygens (including phenoxy) is 3. The highest BCUT2D eigenvalue weighted by Crippen LogP contribution is 2.31. The van der Waals surface area contributed by atoms with Gasteiger partial charge in [0.05, 0.1) is 12.2 Å². The summed E-state index contributed by atoms with van der Waals surface area (Å²) < 4.78 is 16.0. The van der Waals surface area contributed by atoms with E-state index in [1.807, 2.05) is 60.7 Å². The van der Waals surface area contributed by atoms with Crippen molar-refractivity contribution in [2.75, 3.05) is 26.2 Å². The SMILES string of the molecule is O=C(OCc1ccccc1)N1CCC2OC2CC1.O=C(OCc1ccccc1)N1CCC=CCC1. The molecule has 35 heavy (non-hydrogen) atoms. The largest absolute Gasteiger partial charge is 0.445 e. The van der Waals surface area contributed by atoms with Gasteiger partial charge in [-0.15, -0.1) is 0 Å². The van der Waals surface area contributed by atoms with Gasteiger partial charge in [0.25, 0.3) is 0 Å². The summed E-state index contributed by atoms with van der Waals surface area (Å²) in [6.07, 6.45) is 8.29. The molecule has 2 amide bonds. The zero-order valence-corrected chi connectivity index (χ0v) is 20.1. The van der Waals surface area contributed by atoms with E-state index in [1.165, 1.54) is 0 Å². The Hall–Kier alpha value is -3.32. The monoisotopic (exact) mass is 478 g/mol. The van der Waals surface area contributed by atoms with Crippen molar-refractivity contribution in [1.29, 1.82) is 0 Å². The first-order valence-corrected chi connectivity index (χ1v) is 12.4. The first-order valence-electron chi connectivity index (χ1n) is 12.4. The summed E-state index contributed by atoms with van der Waals surface area (Å²) >= 11 is 0. The Balaban J connectivity index is 0.000000165. The number of carbonyl (C=O) groups excluding carboxylic acids is 2. The maximum atomic E-state index is 11.9. The number of nitrogens with zero attached hydrogens (tertiary/aromatic N) is 2. The second kappa shape index (κ2) is 13.0. The molecule has 2 aromatic carbocycles. The minimum absolute atomic E-state index is 0.208. The average Bonchev–Trinajstić information content (AvgIpc) is 3.71. The molecule has 2 aromatic rings. The Labute approximate surface area is 207 Å². The van der Waals surface area contributed by atoms with Crippen LogP contribution in [0.4, 0.5) is 9.59 Å². The summed E-state index contributed by atoms with van der Waals surface area (Å²) in [7, 11) is 0. The van der Waals surface area contributed by atoms with Gasteiger partial charge in [0.2, 0.25) is 0 Å². The predicted octanol–water partition coefficient (Wildman–Crippen LogP) is 5.16. The number of benzene rings is 2. The molecular weight excluding hydrogens is 444 g/mol. The number of hydrogen-bond acceptors (Lipinski definition) is 5. The third-order valence-corrected chi connectivity index (χ3v) is 6.28. The Morgan fingerprint density at radius 2 is 1.11 bits per heavy atom. The van der Waals surface area contributed by atoms with Gasteiger partial charge in [0.15, 0.2) is 0 Å². The fraction of sp³-hybridized carbons (Fsp3) is 0.429. The first-order chi connectivity index (χ1) is 17.2. The van der Waals surface area contributed by atoms with Crippen molar-refractivity contribution >= 4 is 12.2 Å². The highest BCUT2D eigenvalue weighted by atomic mass is 16.6. The van der Waals surface area contributed by atoms with E-state index in [-0.39, 0.29) is 12.2 Å². The van der Waals surface area contributed by atoms with Crippen LogP contribution in [0, 0.1) is 0 Å². The molecule has 3 aliphatic rings. The molecule has 0 aliphatic carbocycles. The second-order valence-electron chi connectivity index (χ2n) is 8.89. The summed E-state index contributed by atoms with van der Waals surface area (Å²) in [6, 6.07) is 19.5. The van der Waals surface area contributed by atoms with Crippen molar-refractivity contribution in [2.24, 2.45) is 0 Å². The molecule has 0 spiro atoms. The van der Waals surface area contributed by atoms with Gasteiger partial charge in [-0.3, -0.25) is 0 Å². The molecule has 7 nitrogen and oxygen atoms in total. The van der Waals surface area contributed by atoms with E-state index in [0.717, 1.165) is 63.0 Å². The zero-order chi connectivity index (χ0) is 24.3. The molecule has 3 aliphatic heterocycles. The van der Waals surface area contributed by atoms with Crippen molar-refractivity contribution in [3.8, 4) is 0 Å². The highest BCUT2D eigenvalue weighted by molar-refractivity contribution is 5.68. The molecule has 2 atom stereocenters. The number of carbonyl (C=O) groups is 2. The Morgan fingerprint density at radius 3 is 1.57 bits per heavy atom. The molecule has 0 aromatic heterocycles. The summed E-state index contributed by atoms with van der Waals surface area (Å²) in [6.45, 7) is 3.70. The van der Waals surface area contributed by atoms with Gasteiger partial charge >= 0.3 is 12.2 Å². The summed E-state index contributed by atoms with van der Waals surface area (Å²) in [5.74, 6) is 0. The lowest BCUT2D eigenvalue weighted by molar-refractivity contribution is 0.0934. The Morgan fingerprint density at radius 1 is 0.686 bits per heavy atom. The molecule has 2 fully saturated rings. The van der Waals surface area contributed by atoms with Crippen molar-refractivity contribution in [3.63, 3.8) is 0 Å². The lowest BCUT2D eigenvalue weighted by Crippen LogP contribution is -2.33. The van der Waals surface area contributed by atoms with E-state index in [0.29, 0.717) is 25.4 Å². The van der Waals surface area contributed by atoms with Crippen molar-refractivity contribution in [1.82, 2.24) is 9.80 Å². The van der Waals surface area contributed by atoms with Crippen LogP contribution in [-0.4, -0.2) is 60.4 Å². The van der Waals surface area contributed by atoms with Crippen LogP contribution in [0.5, 0.6) is 0 Å². The Kier molecular flexibility index (Phi) is 9.17. The summed E-state index contributed by atoms with van der Waals surface area (Å²) in [5.41, 5.74) is 2.04. The lowest BCUT2D eigenvalue weighted by Gasteiger charge is -2.20. The van der Waals surface area contributed by atoms with Gasteiger partial charge in [-0.1, -0.05) is 72.8 Å². The van der Waals surface area contributed by atoms with Gasteiger partial charge in [-0.25, -0.2) is 9.59 Å². The quantitative estimate of drug-likeness (QED) is 0.448. The number of likely N-dealkylation sites (tertiary alicyclic amines) is 1. The fourth-order valence-electron chi connectivity index (χ4n) is 4.16.